The van der Waals surface area contributed by atoms with E-state index >= 15 is 0 Å². The highest BCUT2D eigenvalue weighted by atomic mass is 16.3. The Morgan fingerprint density at radius 2 is 1.53 bits per heavy atom. The Morgan fingerprint density at radius 3 is 2.21 bits per heavy atom. The highest BCUT2D eigenvalue weighted by Gasteiger charge is 2.03. The van der Waals surface area contributed by atoms with E-state index in [9.17, 15) is 5.11 Å². The van der Waals surface area contributed by atoms with Crippen molar-refractivity contribution in [2.45, 2.75) is 27.4 Å². The van der Waals surface area contributed by atoms with E-state index < -0.39 is 0 Å². The van der Waals surface area contributed by atoms with Crippen molar-refractivity contribution in [1.82, 2.24) is 0 Å². The Labute approximate surface area is 114 Å². The van der Waals surface area contributed by atoms with E-state index in [0.29, 0.717) is 0 Å². The third kappa shape index (κ3) is 2.47. The van der Waals surface area contributed by atoms with E-state index in [-0.39, 0.29) is 6.61 Å². The van der Waals surface area contributed by atoms with Crippen LogP contribution in [0, 0.1) is 6.92 Å². The summed E-state index contributed by atoms with van der Waals surface area (Å²) < 4.78 is 0. The fourth-order valence-corrected chi connectivity index (χ4v) is 2.43. The molecule has 1 nitrogen and oxygen atoms in total. The summed E-state index contributed by atoms with van der Waals surface area (Å²) in [5.74, 6) is 0. The number of rotatable bonds is 1. The van der Waals surface area contributed by atoms with Crippen LogP contribution in [0.5, 0.6) is 0 Å². The van der Waals surface area contributed by atoms with Crippen LogP contribution < -0.4 is 0 Å². The summed E-state index contributed by atoms with van der Waals surface area (Å²) in [4.78, 5) is 0. The van der Waals surface area contributed by atoms with E-state index in [1.807, 2.05) is 19.9 Å². The van der Waals surface area contributed by atoms with Gasteiger partial charge in [-0.25, -0.2) is 0 Å². The largest absolute Gasteiger partial charge is 0.392 e. The lowest BCUT2D eigenvalue weighted by atomic mass is 9.97. The van der Waals surface area contributed by atoms with Crippen molar-refractivity contribution in [2.24, 2.45) is 0 Å². The molecule has 3 aromatic carbocycles. The van der Waals surface area contributed by atoms with E-state index in [1.165, 1.54) is 27.1 Å². The van der Waals surface area contributed by atoms with Gasteiger partial charge in [0.15, 0.2) is 0 Å². The fraction of sp³-hybridized carbons (Fsp3) is 0.222. The molecule has 0 fully saturated rings. The SMILES string of the molecule is CC.Cc1cc2ccc(CO)cc2c2ccccc12. The minimum absolute atomic E-state index is 0.0954. The van der Waals surface area contributed by atoms with Crippen molar-refractivity contribution in [3.63, 3.8) is 0 Å². The summed E-state index contributed by atoms with van der Waals surface area (Å²) in [5.41, 5.74) is 2.26. The molecule has 0 saturated heterocycles. The molecule has 19 heavy (non-hydrogen) atoms. The summed E-state index contributed by atoms with van der Waals surface area (Å²) in [6, 6.07) is 16.8. The van der Waals surface area contributed by atoms with Crippen LogP contribution in [-0.4, -0.2) is 5.11 Å². The molecule has 0 bridgehead atoms. The number of hydrogen-bond acceptors (Lipinski definition) is 1. The monoisotopic (exact) mass is 252 g/mol. The molecule has 3 rings (SSSR count). The van der Waals surface area contributed by atoms with Crippen LogP contribution in [0.2, 0.25) is 0 Å². The highest BCUT2D eigenvalue weighted by molar-refractivity contribution is 6.09. The van der Waals surface area contributed by atoms with E-state index in [1.54, 1.807) is 0 Å². The fourth-order valence-electron chi connectivity index (χ4n) is 2.43. The molecule has 0 atom stereocenters. The molecule has 1 N–H and O–H groups in total. The standard InChI is InChI=1S/C16H14O.C2H6/c1-11-8-13-7-6-12(10-17)9-16(13)15-5-3-2-4-14(11)15;1-2/h2-9,17H,10H2,1H3;1-2H3. The maximum atomic E-state index is 9.22. The van der Waals surface area contributed by atoms with Crippen LogP contribution in [0.1, 0.15) is 25.0 Å². The van der Waals surface area contributed by atoms with Gasteiger partial charge in [0.25, 0.3) is 0 Å². The van der Waals surface area contributed by atoms with Gasteiger partial charge >= 0.3 is 0 Å². The predicted molar refractivity (Wildman–Crippen MR) is 83.5 cm³/mol. The first-order chi connectivity index (χ1) is 9.29. The van der Waals surface area contributed by atoms with Crippen LogP contribution >= 0.6 is 0 Å². The lowest BCUT2D eigenvalue weighted by molar-refractivity contribution is 0.282. The van der Waals surface area contributed by atoms with E-state index in [4.69, 9.17) is 0 Å². The first-order valence-electron chi connectivity index (χ1n) is 6.81. The van der Waals surface area contributed by atoms with Crippen molar-refractivity contribution < 1.29 is 5.11 Å². The molecule has 0 amide bonds. The normalized spacial score (nSPS) is 10.3. The van der Waals surface area contributed by atoms with Gasteiger partial charge in [0, 0.05) is 0 Å². The molecule has 0 aliphatic rings. The van der Waals surface area contributed by atoms with Crippen LogP contribution in [-0.2, 0) is 6.61 Å². The molecular formula is C18H20O. The number of fused-ring (bicyclic) bond motifs is 3. The van der Waals surface area contributed by atoms with E-state index in [2.05, 4.69) is 49.4 Å². The average molecular weight is 252 g/mol. The molecule has 1 heteroatoms. The predicted octanol–water partition coefficient (Wildman–Crippen LogP) is 4.82. The Hall–Kier alpha value is -1.86. The molecule has 0 spiro atoms. The second-order valence-electron chi connectivity index (χ2n) is 4.45. The van der Waals surface area contributed by atoms with Crippen molar-refractivity contribution >= 4 is 21.5 Å². The quantitative estimate of drug-likeness (QED) is 0.616. The third-order valence-corrected chi connectivity index (χ3v) is 3.31. The molecule has 0 aromatic heterocycles. The zero-order valence-electron chi connectivity index (χ0n) is 11.8. The van der Waals surface area contributed by atoms with Gasteiger partial charge in [0.2, 0.25) is 0 Å². The molecule has 0 unspecified atom stereocenters. The second-order valence-corrected chi connectivity index (χ2v) is 4.45. The Balaban J connectivity index is 0.000000637. The molecule has 0 radical (unpaired) electrons. The Bertz CT molecular complexity index is 698. The first-order valence-corrected chi connectivity index (χ1v) is 6.81. The van der Waals surface area contributed by atoms with Crippen molar-refractivity contribution in [1.29, 1.82) is 0 Å². The molecule has 3 aromatic rings. The number of benzene rings is 3. The summed E-state index contributed by atoms with van der Waals surface area (Å²) in [5, 5.41) is 14.2. The summed E-state index contributed by atoms with van der Waals surface area (Å²) >= 11 is 0. The van der Waals surface area contributed by atoms with Gasteiger partial charge in [-0.1, -0.05) is 56.3 Å². The smallest absolute Gasteiger partial charge is 0.0682 e. The molecule has 0 aliphatic carbocycles. The lowest BCUT2D eigenvalue weighted by Gasteiger charge is -2.08. The zero-order valence-corrected chi connectivity index (χ0v) is 11.8. The molecule has 0 heterocycles. The lowest BCUT2D eigenvalue weighted by Crippen LogP contribution is -1.86. The third-order valence-electron chi connectivity index (χ3n) is 3.31. The number of hydrogen-bond donors (Lipinski definition) is 1. The molecule has 0 saturated carbocycles. The highest BCUT2D eigenvalue weighted by Crippen LogP contribution is 2.29. The maximum Gasteiger partial charge on any atom is 0.0682 e. The maximum absolute atomic E-state index is 9.22. The van der Waals surface area contributed by atoms with Crippen LogP contribution in [0.15, 0.2) is 48.5 Å². The van der Waals surface area contributed by atoms with Gasteiger partial charge in [-0.3, -0.25) is 0 Å². The molecular weight excluding hydrogens is 232 g/mol. The van der Waals surface area contributed by atoms with Crippen molar-refractivity contribution in [3.8, 4) is 0 Å². The summed E-state index contributed by atoms with van der Waals surface area (Å²) in [6.07, 6.45) is 0. The second kappa shape index (κ2) is 5.85. The Kier molecular flexibility index (Phi) is 4.18. The van der Waals surface area contributed by atoms with Crippen molar-refractivity contribution in [2.75, 3.05) is 0 Å². The number of aliphatic hydroxyl groups is 1. The molecule has 98 valence electrons. The van der Waals surface area contributed by atoms with E-state index in [0.717, 1.165) is 5.56 Å². The van der Waals surface area contributed by atoms with Crippen LogP contribution in [0.3, 0.4) is 0 Å². The van der Waals surface area contributed by atoms with Gasteiger partial charge < -0.3 is 5.11 Å². The molecule has 0 aliphatic heterocycles. The van der Waals surface area contributed by atoms with Crippen molar-refractivity contribution in [3.05, 3.63) is 59.7 Å². The average Bonchev–Trinajstić information content (AvgIpc) is 2.49. The topological polar surface area (TPSA) is 20.2 Å². The van der Waals surface area contributed by atoms with Gasteiger partial charge in [-0.05, 0) is 45.7 Å². The Morgan fingerprint density at radius 1 is 0.842 bits per heavy atom. The minimum Gasteiger partial charge on any atom is -0.392 e. The van der Waals surface area contributed by atoms with Crippen LogP contribution in [0.4, 0.5) is 0 Å². The minimum atomic E-state index is 0.0954. The van der Waals surface area contributed by atoms with Gasteiger partial charge in [0.1, 0.15) is 0 Å². The zero-order chi connectivity index (χ0) is 13.8. The van der Waals surface area contributed by atoms with Gasteiger partial charge in [-0.2, -0.15) is 0 Å². The summed E-state index contributed by atoms with van der Waals surface area (Å²) in [7, 11) is 0. The van der Waals surface area contributed by atoms with Gasteiger partial charge in [0.05, 0.1) is 6.61 Å². The number of aliphatic hydroxyl groups excluding tert-OH is 1. The number of aryl methyl sites for hydroxylation is 1. The summed E-state index contributed by atoms with van der Waals surface area (Å²) in [6.45, 7) is 6.24. The first kappa shape index (κ1) is 13.6. The van der Waals surface area contributed by atoms with Crippen LogP contribution in [0.25, 0.3) is 21.5 Å². The van der Waals surface area contributed by atoms with Gasteiger partial charge in [-0.15, -0.1) is 0 Å².